The first-order chi connectivity index (χ1) is 16.5. The number of halogens is 4. The van der Waals surface area contributed by atoms with E-state index in [0.29, 0.717) is 42.2 Å². The molecular formula is C26H26F4N4O. The SMILES string of the molecule is Cc1c(F)c(F)c(F)c(F)c1CC(=O)N(C)c1nc2c(nc1CC(C)C)-c1ccc(N)cc1CC2. The Morgan fingerprint density at radius 2 is 1.74 bits per heavy atom. The van der Waals surface area contributed by atoms with Gasteiger partial charge in [0.2, 0.25) is 5.91 Å². The van der Waals surface area contributed by atoms with Gasteiger partial charge in [0.25, 0.3) is 0 Å². The third-order valence-electron chi connectivity index (χ3n) is 6.28. The Bertz CT molecular complexity index is 1310. The van der Waals surface area contributed by atoms with Gasteiger partial charge in [-0.3, -0.25) is 9.69 Å². The van der Waals surface area contributed by atoms with Gasteiger partial charge >= 0.3 is 0 Å². The fourth-order valence-corrected chi connectivity index (χ4v) is 4.37. The van der Waals surface area contributed by atoms with Crippen LogP contribution in [0.5, 0.6) is 0 Å². The van der Waals surface area contributed by atoms with Crippen molar-refractivity contribution < 1.29 is 22.4 Å². The number of fused-ring (bicyclic) bond motifs is 3. The summed E-state index contributed by atoms with van der Waals surface area (Å²) in [7, 11) is 1.46. The van der Waals surface area contributed by atoms with Gasteiger partial charge in [0.1, 0.15) is 0 Å². The van der Waals surface area contributed by atoms with Crippen molar-refractivity contribution in [3.05, 3.63) is 69.5 Å². The van der Waals surface area contributed by atoms with Crippen LogP contribution < -0.4 is 10.6 Å². The predicted molar refractivity (Wildman–Crippen MR) is 126 cm³/mol. The topological polar surface area (TPSA) is 72.1 Å². The molecule has 0 radical (unpaired) electrons. The molecule has 0 aliphatic heterocycles. The summed E-state index contributed by atoms with van der Waals surface area (Å²) in [6.45, 7) is 5.12. The summed E-state index contributed by atoms with van der Waals surface area (Å²) in [6, 6.07) is 5.64. The fourth-order valence-electron chi connectivity index (χ4n) is 4.37. The minimum Gasteiger partial charge on any atom is -0.399 e. The van der Waals surface area contributed by atoms with Crippen molar-refractivity contribution in [2.75, 3.05) is 17.7 Å². The van der Waals surface area contributed by atoms with Gasteiger partial charge in [-0.15, -0.1) is 0 Å². The first kappa shape index (κ1) is 24.6. The van der Waals surface area contributed by atoms with Crippen LogP contribution in [0, 0.1) is 36.1 Å². The molecule has 9 heteroatoms. The number of aryl methyl sites for hydroxylation is 2. The third-order valence-corrected chi connectivity index (χ3v) is 6.28. The summed E-state index contributed by atoms with van der Waals surface area (Å²) in [5.41, 5.74) is 9.66. The van der Waals surface area contributed by atoms with Crippen molar-refractivity contribution in [2.45, 2.75) is 46.5 Å². The van der Waals surface area contributed by atoms with Crippen LogP contribution in [0.1, 0.15) is 41.9 Å². The van der Waals surface area contributed by atoms with Gasteiger partial charge in [0.05, 0.1) is 23.5 Å². The third kappa shape index (κ3) is 4.47. The van der Waals surface area contributed by atoms with E-state index in [9.17, 15) is 22.4 Å². The van der Waals surface area contributed by atoms with Crippen LogP contribution in [0.2, 0.25) is 0 Å². The van der Waals surface area contributed by atoms with E-state index in [1.54, 1.807) is 6.07 Å². The molecule has 3 aromatic rings. The lowest BCUT2D eigenvalue weighted by atomic mass is 9.91. The molecule has 1 amide bonds. The average Bonchev–Trinajstić information content (AvgIpc) is 2.82. The number of amides is 1. The summed E-state index contributed by atoms with van der Waals surface area (Å²) >= 11 is 0. The number of hydrogen-bond donors (Lipinski definition) is 1. The molecule has 0 saturated carbocycles. The maximum Gasteiger partial charge on any atom is 0.232 e. The predicted octanol–water partition coefficient (Wildman–Crippen LogP) is 5.09. The number of likely N-dealkylation sites (N-methyl/N-ethyl adjacent to an activating group) is 1. The van der Waals surface area contributed by atoms with Gasteiger partial charge in [-0.25, -0.2) is 27.5 Å². The number of nitrogen functional groups attached to an aromatic ring is 1. The van der Waals surface area contributed by atoms with Crippen molar-refractivity contribution in [3.8, 4) is 11.3 Å². The van der Waals surface area contributed by atoms with E-state index < -0.39 is 46.7 Å². The monoisotopic (exact) mass is 486 g/mol. The molecule has 35 heavy (non-hydrogen) atoms. The molecule has 1 aliphatic rings. The Labute approximate surface area is 201 Å². The van der Waals surface area contributed by atoms with Crippen molar-refractivity contribution >= 4 is 17.4 Å². The second-order valence-corrected chi connectivity index (χ2v) is 9.29. The van der Waals surface area contributed by atoms with E-state index in [4.69, 9.17) is 15.7 Å². The second kappa shape index (κ2) is 9.28. The Morgan fingerprint density at radius 3 is 2.43 bits per heavy atom. The van der Waals surface area contributed by atoms with Crippen LogP contribution >= 0.6 is 0 Å². The normalized spacial score (nSPS) is 12.5. The zero-order valence-electron chi connectivity index (χ0n) is 20.0. The summed E-state index contributed by atoms with van der Waals surface area (Å²) in [4.78, 5) is 24.0. The number of aromatic nitrogens is 2. The highest BCUT2D eigenvalue weighted by atomic mass is 19.2. The Hall–Kier alpha value is -3.49. The molecule has 1 aliphatic carbocycles. The van der Waals surface area contributed by atoms with Gasteiger partial charge in [0, 0.05) is 23.9 Å². The second-order valence-electron chi connectivity index (χ2n) is 9.29. The standard InChI is InChI=1S/C26H26F4N4O/c1-12(2)9-19-26(33-18-8-5-14-10-15(31)6-7-16(14)25(18)32-19)34(4)20(35)11-17-13(3)21(27)23(29)24(30)22(17)28/h6-7,10,12H,5,8-9,11,31H2,1-4H3. The molecule has 0 atom stereocenters. The summed E-state index contributed by atoms with van der Waals surface area (Å²) < 4.78 is 55.7. The largest absolute Gasteiger partial charge is 0.399 e. The van der Waals surface area contributed by atoms with Crippen LogP contribution in [0.3, 0.4) is 0 Å². The van der Waals surface area contributed by atoms with Crippen molar-refractivity contribution in [2.24, 2.45) is 5.92 Å². The molecular weight excluding hydrogens is 460 g/mol. The van der Waals surface area contributed by atoms with Crippen molar-refractivity contribution in [1.82, 2.24) is 9.97 Å². The van der Waals surface area contributed by atoms with Crippen LogP contribution in [-0.4, -0.2) is 22.9 Å². The lowest BCUT2D eigenvalue weighted by Crippen LogP contribution is -2.32. The van der Waals surface area contributed by atoms with Crippen LogP contribution in [-0.2, 0) is 30.5 Å². The number of nitrogens with two attached hydrogens (primary N) is 1. The number of nitrogens with zero attached hydrogens (tertiary/aromatic N) is 3. The summed E-state index contributed by atoms with van der Waals surface area (Å²) in [5, 5.41) is 0. The van der Waals surface area contributed by atoms with Crippen molar-refractivity contribution in [3.63, 3.8) is 0 Å². The van der Waals surface area contributed by atoms with Gasteiger partial charge in [-0.05, 0) is 55.4 Å². The number of hydrogen-bond acceptors (Lipinski definition) is 4. The van der Waals surface area contributed by atoms with Gasteiger partial charge in [-0.1, -0.05) is 19.9 Å². The smallest absolute Gasteiger partial charge is 0.232 e. The Kier molecular flexibility index (Phi) is 6.53. The summed E-state index contributed by atoms with van der Waals surface area (Å²) in [5.74, 6) is -7.07. The maximum absolute atomic E-state index is 14.4. The molecule has 4 rings (SSSR count). The highest BCUT2D eigenvalue weighted by Gasteiger charge is 2.28. The first-order valence-electron chi connectivity index (χ1n) is 11.4. The number of carbonyl (C=O) groups is 1. The van der Waals surface area contributed by atoms with Gasteiger partial charge < -0.3 is 5.73 Å². The molecule has 0 unspecified atom stereocenters. The molecule has 2 aromatic carbocycles. The maximum atomic E-state index is 14.4. The average molecular weight is 487 g/mol. The zero-order chi connectivity index (χ0) is 25.6. The first-order valence-corrected chi connectivity index (χ1v) is 11.4. The highest BCUT2D eigenvalue weighted by Crippen LogP contribution is 2.35. The molecule has 5 nitrogen and oxygen atoms in total. The number of benzene rings is 2. The quantitative estimate of drug-likeness (QED) is 0.236. The summed E-state index contributed by atoms with van der Waals surface area (Å²) in [6.07, 6.45) is 1.16. The molecule has 184 valence electrons. The fraction of sp³-hybridized carbons (Fsp3) is 0.346. The van der Waals surface area contributed by atoms with Crippen LogP contribution in [0.15, 0.2) is 18.2 Å². The molecule has 0 spiro atoms. The van der Waals surface area contributed by atoms with E-state index in [1.165, 1.54) is 11.9 Å². The highest BCUT2D eigenvalue weighted by molar-refractivity contribution is 5.94. The molecule has 1 heterocycles. The van der Waals surface area contributed by atoms with E-state index in [-0.39, 0.29) is 5.92 Å². The van der Waals surface area contributed by atoms with E-state index in [1.807, 2.05) is 26.0 Å². The van der Waals surface area contributed by atoms with Crippen molar-refractivity contribution in [1.29, 1.82) is 0 Å². The Balaban J connectivity index is 1.74. The minimum atomic E-state index is -1.94. The number of anilines is 2. The van der Waals surface area contributed by atoms with Crippen LogP contribution in [0.4, 0.5) is 29.1 Å². The molecule has 1 aromatic heterocycles. The molecule has 0 bridgehead atoms. The number of carbonyl (C=O) groups excluding carboxylic acids is 1. The zero-order valence-corrected chi connectivity index (χ0v) is 20.0. The Morgan fingerprint density at radius 1 is 1.06 bits per heavy atom. The molecule has 0 fully saturated rings. The van der Waals surface area contributed by atoms with Gasteiger partial charge in [-0.2, -0.15) is 0 Å². The molecule has 2 N–H and O–H groups in total. The van der Waals surface area contributed by atoms with E-state index >= 15 is 0 Å². The number of rotatable bonds is 5. The van der Waals surface area contributed by atoms with E-state index in [2.05, 4.69) is 0 Å². The minimum absolute atomic E-state index is 0.194. The lowest BCUT2D eigenvalue weighted by molar-refractivity contribution is -0.117. The molecule has 0 saturated heterocycles. The van der Waals surface area contributed by atoms with E-state index in [0.717, 1.165) is 23.7 Å². The van der Waals surface area contributed by atoms with Crippen LogP contribution in [0.25, 0.3) is 11.3 Å². The van der Waals surface area contributed by atoms with Gasteiger partial charge in [0.15, 0.2) is 29.1 Å². The lowest BCUT2D eigenvalue weighted by Gasteiger charge is -2.25.